The average Bonchev–Trinajstić information content (AvgIpc) is 2.59. The Balaban J connectivity index is 1.71. The Kier molecular flexibility index (Phi) is 4.68. The number of pyridine rings is 2. The maximum Gasteiger partial charge on any atom is 0.148 e. The van der Waals surface area contributed by atoms with E-state index >= 15 is 0 Å². The Morgan fingerprint density at radius 2 is 1.78 bits per heavy atom. The molecule has 1 aliphatic rings. The van der Waals surface area contributed by atoms with Gasteiger partial charge in [-0.05, 0) is 40.5 Å². The van der Waals surface area contributed by atoms with Crippen LogP contribution in [0.15, 0.2) is 35.2 Å². The van der Waals surface area contributed by atoms with Crippen LogP contribution in [0.4, 0.5) is 17.2 Å². The molecule has 0 bridgehead atoms. The number of hydrogen-bond acceptors (Lipinski definition) is 6. The highest BCUT2D eigenvalue weighted by Gasteiger charge is 2.25. The second kappa shape index (κ2) is 6.72. The third kappa shape index (κ3) is 3.25. The molecule has 0 aromatic carbocycles. The van der Waals surface area contributed by atoms with Crippen molar-refractivity contribution in [3.63, 3.8) is 0 Å². The number of rotatable bonds is 3. The number of nitrogen functional groups attached to an aromatic ring is 2. The first kappa shape index (κ1) is 16.0. The molecule has 3 heterocycles. The molecule has 0 amide bonds. The van der Waals surface area contributed by atoms with Gasteiger partial charge in [0.2, 0.25) is 0 Å². The summed E-state index contributed by atoms with van der Waals surface area (Å²) in [5, 5.41) is 0. The highest BCUT2D eigenvalue weighted by atomic mass is 79.9. The van der Waals surface area contributed by atoms with Crippen molar-refractivity contribution in [3.05, 3.63) is 40.8 Å². The summed E-state index contributed by atoms with van der Waals surface area (Å²) in [4.78, 5) is 12.9. The van der Waals surface area contributed by atoms with Crippen molar-refractivity contribution < 1.29 is 0 Å². The smallest absolute Gasteiger partial charge is 0.148 e. The van der Waals surface area contributed by atoms with E-state index in [0.717, 1.165) is 36.3 Å². The van der Waals surface area contributed by atoms with Gasteiger partial charge in [-0.2, -0.15) is 0 Å². The van der Waals surface area contributed by atoms with Gasteiger partial charge in [0.05, 0.1) is 15.8 Å². The van der Waals surface area contributed by atoms with Crippen molar-refractivity contribution >= 4 is 33.1 Å². The van der Waals surface area contributed by atoms with E-state index in [0.29, 0.717) is 17.5 Å². The molecule has 0 spiro atoms. The van der Waals surface area contributed by atoms with Crippen molar-refractivity contribution in [2.75, 3.05) is 42.5 Å². The second-order valence-corrected chi connectivity index (χ2v) is 6.59. The van der Waals surface area contributed by atoms with E-state index in [4.69, 9.17) is 11.5 Å². The van der Waals surface area contributed by atoms with Crippen molar-refractivity contribution in [1.29, 1.82) is 0 Å². The van der Waals surface area contributed by atoms with Crippen LogP contribution in [0.25, 0.3) is 0 Å². The van der Waals surface area contributed by atoms with Gasteiger partial charge in [0, 0.05) is 50.8 Å². The monoisotopic (exact) mass is 376 g/mol. The first-order valence-corrected chi connectivity index (χ1v) is 8.45. The maximum atomic E-state index is 6.12. The molecule has 7 heteroatoms. The Bertz CT molecular complexity index is 670. The lowest BCUT2D eigenvalue weighted by Crippen LogP contribution is -2.47. The Morgan fingerprint density at radius 3 is 2.43 bits per heavy atom. The van der Waals surface area contributed by atoms with E-state index in [9.17, 15) is 0 Å². The van der Waals surface area contributed by atoms with Crippen LogP contribution < -0.4 is 16.4 Å². The van der Waals surface area contributed by atoms with Crippen LogP contribution in [0.2, 0.25) is 0 Å². The lowest BCUT2D eigenvalue weighted by Gasteiger charge is -2.40. The number of nitrogens with zero attached hydrogens (tertiary/aromatic N) is 4. The molecule has 6 nitrogen and oxygen atoms in total. The zero-order valence-corrected chi connectivity index (χ0v) is 14.7. The largest absolute Gasteiger partial charge is 0.394 e. The lowest BCUT2D eigenvalue weighted by molar-refractivity contribution is 0.198. The fraction of sp³-hybridized carbons (Fsp3) is 0.375. The normalized spacial score (nSPS) is 17.2. The molecule has 2 aromatic heterocycles. The Labute approximate surface area is 144 Å². The number of anilines is 3. The van der Waals surface area contributed by atoms with E-state index in [1.54, 1.807) is 6.20 Å². The Hall–Kier alpha value is -1.86. The number of aromatic nitrogens is 2. The predicted octanol–water partition coefficient (Wildman–Crippen LogP) is 2.29. The summed E-state index contributed by atoms with van der Waals surface area (Å²) in [7, 11) is 0. The summed E-state index contributed by atoms with van der Waals surface area (Å²) >= 11 is 3.54. The van der Waals surface area contributed by atoms with Crippen molar-refractivity contribution in [1.82, 2.24) is 14.9 Å². The fourth-order valence-corrected chi connectivity index (χ4v) is 3.58. The summed E-state index contributed by atoms with van der Waals surface area (Å²) in [5.41, 5.74) is 14.8. The molecule has 4 N–H and O–H groups in total. The minimum Gasteiger partial charge on any atom is -0.394 e. The minimum absolute atomic E-state index is 0.378. The van der Waals surface area contributed by atoms with Gasteiger partial charge in [-0.15, -0.1) is 0 Å². The summed E-state index contributed by atoms with van der Waals surface area (Å²) in [6.45, 7) is 5.98. The van der Waals surface area contributed by atoms with E-state index in [1.165, 1.54) is 5.56 Å². The van der Waals surface area contributed by atoms with Crippen molar-refractivity contribution in [2.45, 2.75) is 13.0 Å². The van der Waals surface area contributed by atoms with E-state index in [-0.39, 0.29) is 0 Å². The fourth-order valence-electron chi connectivity index (χ4n) is 3.01. The van der Waals surface area contributed by atoms with E-state index in [2.05, 4.69) is 54.8 Å². The number of piperazine rings is 1. The standard InChI is InChI=1S/C16H21BrN6/c1-11(12-2-4-20-5-3-12)22-6-8-23(9-7-22)15-13(17)10-21-16(19)14(15)18/h2-5,10-11H,6-9,18H2,1H3,(H2,19,21). The Morgan fingerprint density at radius 1 is 1.13 bits per heavy atom. The molecular weight excluding hydrogens is 356 g/mol. The number of hydrogen-bond donors (Lipinski definition) is 2. The van der Waals surface area contributed by atoms with Gasteiger partial charge in [0.1, 0.15) is 5.82 Å². The van der Waals surface area contributed by atoms with Gasteiger partial charge in [-0.3, -0.25) is 9.88 Å². The SMILES string of the molecule is CC(c1ccncc1)N1CCN(c2c(Br)cnc(N)c2N)CC1. The average molecular weight is 377 g/mol. The van der Waals surface area contributed by atoms with E-state index in [1.807, 2.05) is 12.4 Å². The molecule has 1 saturated heterocycles. The first-order valence-electron chi connectivity index (χ1n) is 7.66. The topological polar surface area (TPSA) is 84.3 Å². The van der Waals surface area contributed by atoms with Crippen molar-refractivity contribution in [2.24, 2.45) is 0 Å². The van der Waals surface area contributed by atoms with Gasteiger partial charge < -0.3 is 16.4 Å². The maximum absolute atomic E-state index is 6.12. The molecule has 0 aliphatic carbocycles. The van der Waals surface area contributed by atoms with Crippen LogP contribution >= 0.6 is 15.9 Å². The molecule has 122 valence electrons. The highest BCUT2D eigenvalue weighted by molar-refractivity contribution is 9.10. The van der Waals surface area contributed by atoms with Crippen LogP contribution in [0.1, 0.15) is 18.5 Å². The summed E-state index contributed by atoms with van der Waals surface area (Å²) in [5.74, 6) is 0.385. The van der Waals surface area contributed by atoms with Crippen LogP contribution in [-0.4, -0.2) is 41.0 Å². The summed E-state index contributed by atoms with van der Waals surface area (Å²) < 4.78 is 0.889. The van der Waals surface area contributed by atoms with Gasteiger partial charge >= 0.3 is 0 Å². The lowest BCUT2D eigenvalue weighted by atomic mass is 10.1. The van der Waals surface area contributed by atoms with Crippen molar-refractivity contribution in [3.8, 4) is 0 Å². The summed E-state index contributed by atoms with van der Waals surface area (Å²) in [6.07, 6.45) is 5.41. The van der Waals surface area contributed by atoms with Gasteiger partial charge in [0.25, 0.3) is 0 Å². The predicted molar refractivity (Wildman–Crippen MR) is 97.2 cm³/mol. The third-order valence-corrected chi connectivity index (χ3v) is 5.02. The van der Waals surface area contributed by atoms with Gasteiger partial charge in [-0.25, -0.2) is 4.98 Å². The molecule has 1 aliphatic heterocycles. The molecule has 1 fully saturated rings. The highest BCUT2D eigenvalue weighted by Crippen LogP contribution is 2.35. The van der Waals surface area contributed by atoms with Crippen LogP contribution in [0.3, 0.4) is 0 Å². The minimum atomic E-state index is 0.378. The zero-order valence-electron chi connectivity index (χ0n) is 13.1. The molecule has 0 radical (unpaired) electrons. The molecular formula is C16H21BrN6. The molecule has 23 heavy (non-hydrogen) atoms. The van der Waals surface area contributed by atoms with Gasteiger partial charge in [-0.1, -0.05) is 0 Å². The van der Waals surface area contributed by atoms with Crippen LogP contribution in [0.5, 0.6) is 0 Å². The van der Waals surface area contributed by atoms with Crippen LogP contribution in [-0.2, 0) is 0 Å². The van der Waals surface area contributed by atoms with Crippen LogP contribution in [0, 0.1) is 0 Å². The zero-order chi connectivity index (χ0) is 16.4. The molecule has 2 aromatic rings. The number of nitrogens with two attached hydrogens (primary N) is 2. The molecule has 1 atom stereocenters. The third-order valence-electron chi connectivity index (χ3n) is 4.44. The molecule has 3 rings (SSSR count). The quantitative estimate of drug-likeness (QED) is 0.854. The first-order chi connectivity index (χ1) is 11.1. The molecule has 1 unspecified atom stereocenters. The second-order valence-electron chi connectivity index (χ2n) is 5.73. The summed E-state index contributed by atoms with van der Waals surface area (Å²) in [6, 6.07) is 4.54. The molecule has 0 saturated carbocycles. The number of halogens is 1. The van der Waals surface area contributed by atoms with Gasteiger partial charge in [0.15, 0.2) is 0 Å². The van der Waals surface area contributed by atoms with E-state index < -0.39 is 0 Å².